The van der Waals surface area contributed by atoms with Gasteiger partial charge in [-0.3, -0.25) is 9.59 Å². The molecule has 0 atom stereocenters. The Hall–Kier alpha value is -1.10. The first-order valence-corrected chi connectivity index (χ1v) is 5.16. The summed E-state index contributed by atoms with van der Waals surface area (Å²) < 4.78 is 0. The Kier molecular flexibility index (Phi) is 5.28. The molecule has 0 bridgehead atoms. The molecule has 5 heteroatoms. The van der Waals surface area contributed by atoms with Gasteiger partial charge in [0.2, 0.25) is 11.8 Å². The van der Waals surface area contributed by atoms with Crippen LogP contribution in [0.1, 0.15) is 26.7 Å². The molecule has 0 aromatic rings. The molecule has 2 amide bonds. The third-order valence-electron chi connectivity index (χ3n) is 2.69. The van der Waals surface area contributed by atoms with Crippen LogP contribution in [0.15, 0.2) is 0 Å². The average Bonchev–Trinajstić information content (AvgIpc) is 2.26. The first-order valence-electron chi connectivity index (χ1n) is 5.16. The van der Waals surface area contributed by atoms with Gasteiger partial charge in [-0.15, -0.1) is 0 Å². The Morgan fingerprint density at radius 2 is 1.80 bits per heavy atom. The summed E-state index contributed by atoms with van der Waals surface area (Å²) >= 11 is 0. The molecule has 0 spiro atoms. The van der Waals surface area contributed by atoms with E-state index in [0.29, 0.717) is 12.8 Å². The highest BCUT2D eigenvalue weighted by Crippen LogP contribution is 2.14. The number of hydrogen-bond acceptors (Lipinski definition) is 3. The molecule has 0 saturated carbocycles. The van der Waals surface area contributed by atoms with Crippen molar-refractivity contribution in [3.8, 4) is 0 Å². The predicted octanol–water partition coefficient (Wildman–Crippen LogP) is -0.292. The van der Waals surface area contributed by atoms with Crippen molar-refractivity contribution in [2.75, 3.05) is 20.6 Å². The maximum atomic E-state index is 11.9. The molecule has 0 aliphatic rings. The highest BCUT2D eigenvalue weighted by molar-refractivity contribution is 5.89. The van der Waals surface area contributed by atoms with Crippen molar-refractivity contribution in [1.29, 1.82) is 0 Å². The molecule has 0 unspecified atom stereocenters. The van der Waals surface area contributed by atoms with E-state index in [1.54, 1.807) is 7.05 Å². The first-order chi connectivity index (χ1) is 6.91. The van der Waals surface area contributed by atoms with E-state index in [2.05, 4.69) is 5.32 Å². The van der Waals surface area contributed by atoms with Crippen LogP contribution in [0.25, 0.3) is 0 Å². The lowest BCUT2D eigenvalue weighted by Gasteiger charge is -2.30. The van der Waals surface area contributed by atoms with Crippen LogP contribution in [0.3, 0.4) is 0 Å². The van der Waals surface area contributed by atoms with Gasteiger partial charge in [0.15, 0.2) is 0 Å². The van der Waals surface area contributed by atoms with E-state index >= 15 is 0 Å². The molecule has 0 rings (SSSR count). The molecule has 0 saturated heterocycles. The second-order valence-electron chi connectivity index (χ2n) is 3.70. The SMILES string of the molecule is CCC(N)(CC)C(=O)N(C)CC(=O)NC. The Morgan fingerprint density at radius 1 is 1.33 bits per heavy atom. The topological polar surface area (TPSA) is 75.4 Å². The normalized spacial score (nSPS) is 11.0. The lowest BCUT2D eigenvalue weighted by molar-refractivity contribution is -0.139. The van der Waals surface area contributed by atoms with Crippen molar-refractivity contribution in [1.82, 2.24) is 10.2 Å². The Balaban J connectivity index is 4.49. The van der Waals surface area contributed by atoms with Gasteiger partial charge in [0.1, 0.15) is 0 Å². The van der Waals surface area contributed by atoms with E-state index in [-0.39, 0.29) is 18.4 Å². The van der Waals surface area contributed by atoms with Crippen LogP contribution >= 0.6 is 0 Å². The Morgan fingerprint density at radius 3 is 2.13 bits per heavy atom. The molecule has 0 heterocycles. The quantitative estimate of drug-likeness (QED) is 0.661. The second-order valence-corrected chi connectivity index (χ2v) is 3.70. The largest absolute Gasteiger partial charge is 0.358 e. The molecule has 0 aromatic carbocycles. The van der Waals surface area contributed by atoms with Crippen LogP contribution in [0, 0.1) is 0 Å². The number of nitrogens with zero attached hydrogens (tertiary/aromatic N) is 1. The number of amides is 2. The summed E-state index contributed by atoms with van der Waals surface area (Å²) in [6.45, 7) is 3.79. The summed E-state index contributed by atoms with van der Waals surface area (Å²) in [7, 11) is 3.13. The molecule has 3 N–H and O–H groups in total. The van der Waals surface area contributed by atoms with E-state index in [9.17, 15) is 9.59 Å². The standard InChI is InChI=1S/C10H21N3O2/c1-5-10(11,6-2)9(15)13(4)7-8(14)12-3/h5-7,11H2,1-4H3,(H,12,14). The fourth-order valence-corrected chi connectivity index (χ4v) is 1.30. The fraction of sp³-hybridized carbons (Fsp3) is 0.800. The minimum atomic E-state index is -0.844. The van der Waals surface area contributed by atoms with Gasteiger partial charge in [0.25, 0.3) is 0 Å². The van der Waals surface area contributed by atoms with Crippen molar-refractivity contribution >= 4 is 11.8 Å². The summed E-state index contributed by atoms with van der Waals surface area (Å²) in [6, 6.07) is 0. The van der Waals surface area contributed by atoms with E-state index < -0.39 is 5.54 Å². The zero-order valence-corrected chi connectivity index (χ0v) is 9.96. The van der Waals surface area contributed by atoms with Gasteiger partial charge in [-0.05, 0) is 12.8 Å². The number of nitrogens with two attached hydrogens (primary N) is 1. The van der Waals surface area contributed by atoms with Crippen LogP contribution in [0.2, 0.25) is 0 Å². The molecule has 0 aliphatic heterocycles. The van der Waals surface area contributed by atoms with Gasteiger partial charge >= 0.3 is 0 Å². The molecule has 0 fully saturated rings. The number of carbonyl (C=O) groups is 2. The Bertz CT molecular complexity index is 237. The number of nitrogens with one attached hydrogen (secondary N) is 1. The monoisotopic (exact) mass is 215 g/mol. The molecule has 0 radical (unpaired) electrons. The molecular weight excluding hydrogens is 194 g/mol. The van der Waals surface area contributed by atoms with Crippen LogP contribution in [-0.4, -0.2) is 42.9 Å². The minimum absolute atomic E-state index is 0.0499. The molecule has 5 nitrogen and oxygen atoms in total. The number of carbonyl (C=O) groups excluding carboxylic acids is 2. The van der Waals surface area contributed by atoms with Crippen LogP contribution in [-0.2, 0) is 9.59 Å². The fourth-order valence-electron chi connectivity index (χ4n) is 1.30. The van der Waals surface area contributed by atoms with Crippen LogP contribution in [0.4, 0.5) is 0 Å². The summed E-state index contributed by atoms with van der Waals surface area (Å²) in [5.74, 6) is -0.378. The van der Waals surface area contributed by atoms with Crippen molar-refractivity contribution in [3.63, 3.8) is 0 Å². The summed E-state index contributed by atoms with van der Waals surface area (Å²) in [4.78, 5) is 24.4. The lowest BCUT2D eigenvalue weighted by Crippen LogP contribution is -2.55. The van der Waals surface area contributed by atoms with Crippen LogP contribution in [0.5, 0.6) is 0 Å². The van der Waals surface area contributed by atoms with Crippen molar-refractivity contribution in [2.24, 2.45) is 5.73 Å². The van der Waals surface area contributed by atoms with E-state index in [1.165, 1.54) is 11.9 Å². The third kappa shape index (κ3) is 3.51. The Labute approximate surface area is 91.0 Å². The second kappa shape index (κ2) is 5.70. The molecule has 88 valence electrons. The highest BCUT2D eigenvalue weighted by atomic mass is 16.2. The molecule has 15 heavy (non-hydrogen) atoms. The number of hydrogen-bond donors (Lipinski definition) is 2. The van der Waals surface area contributed by atoms with Gasteiger partial charge in [0.05, 0.1) is 12.1 Å². The van der Waals surface area contributed by atoms with Gasteiger partial charge in [-0.2, -0.15) is 0 Å². The summed E-state index contributed by atoms with van der Waals surface area (Å²) in [5, 5.41) is 2.46. The smallest absolute Gasteiger partial charge is 0.242 e. The van der Waals surface area contributed by atoms with Gasteiger partial charge in [-0.25, -0.2) is 0 Å². The maximum Gasteiger partial charge on any atom is 0.242 e. The summed E-state index contributed by atoms with van der Waals surface area (Å²) in [5.41, 5.74) is 5.09. The van der Waals surface area contributed by atoms with E-state index in [1.807, 2.05) is 13.8 Å². The number of likely N-dealkylation sites (N-methyl/N-ethyl adjacent to an activating group) is 2. The lowest BCUT2D eigenvalue weighted by atomic mass is 9.92. The van der Waals surface area contributed by atoms with E-state index in [0.717, 1.165) is 0 Å². The predicted molar refractivity (Wildman–Crippen MR) is 59.2 cm³/mol. The molecule has 0 aliphatic carbocycles. The van der Waals surface area contributed by atoms with Gasteiger partial charge < -0.3 is 16.0 Å². The zero-order chi connectivity index (χ0) is 12.1. The minimum Gasteiger partial charge on any atom is -0.358 e. The third-order valence-corrected chi connectivity index (χ3v) is 2.69. The van der Waals surface area contributed by atoms with Gasteiger partial charge in [0, 0.05) is 14.1 Å². The summed E-state index contributed by atoms with van der Waals surface area (Å²) in [6.07, 6.45) is 1.14. The van der Waals surface area contributed by atoms with E-state index in [4.69, 9.17) is 5.73 Å². The maximum absolute atomic E-state index is 11.9. The van der Waals surface area contributed by atoms with Crippen LogP contribution < -0.4 is 11.1 Å². The molecular formula is C10H21N3O2. The highest BCUT2D eigenvalue weighted by Gasteiger charge is 2.32. The van der Waals surface area contributed by atoms with Crippen molar-refractivity contribution < 1.29 is 9.59 Å². The average molecular weight is 215 g/mol. The van der Waals surface area contributed by atoms with Crippen molar-refractivity contribution in [2.45, 2.75) is 32.2 Å². The van der Waals surface area contributed by atoms with Gasteiger partial charge in [-0.1, -0.05) is 13.8 Å². The zero-order valence-electron chi connectivity index (χ0n) is 9.96. The first kappa shape index (κ1) is 13.9. The number of rotatable bonds is 5. The molecule has 0 aromatic heterocycles. The van der Waals surface area contributed by atoms with Crippen molar-refractivity contribution in [3.05, 3.63) is 0 Å².